The number of benzene rings is 2. The van der Waals surface area contributed by atoms with Gasteiger partial charge in [0.2, 0.25) is 10.0 Å². The number of aromatic nitrogens is 3. The van der Waals surface area contributed by atoms with Gasteiger partial charge >= 0.3 is 0 Å². The number of nitrogens with zero attached hydrogens (tertiary/aromatic N) is 3. The number of nitrogens with one attached hydrogen (secondary N) is 1. The predicted molar refractivity (Wildman–Crippen MR) is 115 cm³/mol. The molecule has 0 fully saturated rings. The maximum Gasteiger partial charge on any atom is 0.244 e. The number of para-hydroxylation sites is 1. The highest BCUT2D eigenvalue weighted by molar-refractivity contribution is 7.89. The van der Waals surface area contributed by atoms with Crippen LogP contribution in [0.15, 0.2) is 78.1 Å². The van der Waals surface area contributed by atoms with Crippen molar-refractivity contribution < 1.29 is 13.2 Å². The van der Waals surface area contributed by atoms with Gasteiger partial charge in [-0.15, -0.1) is 0 Å². The van der Waals surface area contributed by atoms with Crippen molar-refractivity contribution in [2.75, 3.05) is 6.61 Å². The molecular weight excluding hydrogens is 400 g/mol. The summed E-state index contributed by atoms with van der Waals surface area (Å²) in [7, 11) is -3.75. The molecule has 1 atom stereocenters. The molecule has 30 heavy (non-hydrogen) atoms. The normalized spacial score (nSPS) is 12.7. The number of hydrogen-bond acceptors (Lipinski definition) is 5. The van der Waals surface area contributed by atoms with E-state index in [1.165, 1.54) is 6.20 Å². The molecule has 1 N–H and O–H groups in total. The zero-order chi connectivity index (χ0) is 21.1. The van der Waals surface area contributed by atoms with Gasteiger partial charge in [0.25, 0.3) is 0 Å². The fourth-order valence-electron chi connectivity index (χ4n) is 3.28. The highest BCUT2D eigenvalue weighted by Crippen LogP contribution is 2.24. The zero-order valence-corrected chi connectivity index (χ0v) is 17.5. The van der Waals surface area contributed by atoms with Crippen molar-refractivity contribution in [2.24, 2.45) is 0 Å². The minimum atomic E-state index is -3.75. The van der Waals surface area contributed by atoms with E-state index < -0.39 is 16.1 Å². The predicted octanol–water partition coefficient (Wildman–Crippen LogP) is 3.47. The van der Waals surface area contributed by atoms with E-state index in [1.54, 1.807) is 30.9 Å². The number of hydrogen-bond donors (Lipinski definition) is 1. The molecule has 0 unspecified atom stereocenters. The summed E-state index contributed by atoms with van der Waals surface area (Å²) in [5.74, 6) is 0.689. The number of rotatable bonds is 7. The van der Waals surface area contributed by atoms with Gasteiger partial charge in [-0.05, 0) is 38.1 Å². The summed E-state index contributed by atoms with van der Waals surface area (Å²) in [6, 6.07) is 16.5. The second kappa shape index (κ2) is 8.25. The van der Waals surface area contributed by atoms with Gasteiger partial charge in [-0.1, -0.05) is 30.3 Å². The van der Waals surface area contributed by atoms with Crippen molar-refractivity contribution in [2.45, 2.75) is 24.8 Å². The highest BCUT2D eigenvalue weighted by atomic mass is 32.2. The largest absolute Gasteiger partial charge is 0.491 e. The molecule has 2 aromatic carbocycles. The molecule has 0 saturated heterocycles. The third-order valence-electron chi connectivity index (χ3n) is 4.74. The van der Waals surface area contributed by atoms with Crippen LogP contribution < -0.4 is 9.46 Å². The maximum atomic E-state index is 12.9. The molecule has 0 saturated carbocycles. The van der Waals surface area contributed by atoms with Gasteiger partial charge in [0.1, 0.15) is 17.3 Å². The summed E-state index contributed by atoms with van der Waals surface area (Å²) in [6.07, 6.45) is 4.84. The molecule has 8 heteroatoms. The summed E-state index contributed by atoms with van der Waals surface area (Å²) >= 11 is 0. The first-order chi connectivity index (χ1) is 14.5. The fraction of sp³-hybridized carbons (Fsp3) is 0.182. The van der Waals surface area contributed by atoms with Crippen LogP contribution >= 0.6 is 0 Å². The van der Waals surface area contributed by atoms with Crippen molar-refractivity contribution in [1.29, 1.82) is 0 Å². The molecule has 0 aliphatic carbocycles. The monoisotopic (exact) mass is 422 g/mol. The van der Waals surface area contributed by atoms with E-state index in [9.17, 15) is 8.42 Å². The number of fused-ring (bicyclic) bond motifs is 1. The Kier molecular flexibility index (Phi) is 5.52. The van der Waals surface area contributed by atoms with Crippen molar-refractivity contribution >= 4 is 20.8 Å². The lowest BCUT2D eigenvalue weighted by atomic mass is 10.1. The van der Waals surface area contributed by atoms with Crippen LogP contribution in [-0.4, -0.2) is 35.8 Å². The number of sulfonamides is 1. The summed E-state index contributed by atoms with van der Waals surface area (Å²) in [4.78, 5) is 4.26. The Morgan fingerprint density at radius 1 is 1.07 bits per heavy atom. The van der Waals surface area contributed by atoms with E-state index in [2.05, 4.69) is 14.8 Å². The summed E-state index contributed by atoms with van der Waals surface area (Å²) in [5, 5.41) is 6.15. The second-order valence-corrected chi connectivity index (χ2v) is 8.71. The molecule has 7 nitrogen and oxygen atoms in total. The Balaban J connectivity index is 1.48. The van der Waals surface area contributed by atoms with Crippen LogP contribution in [0.2, 0.25) is 0 Å². The fourth-order valence-corrected chi connectivity index (χ4v) is 4.67. The molecular formula is C22H22N4O3S. The minimum absolute atomic E-state index is 0.148. The number of pyridine rings is 1. The number of ether oxygens (including phenoxy) is 1. The first-order valence-electron chi connectivity index (χ1n) is 9.53. The lowest BCUT2D eigenvalue weighted by molar-refractivity contribution is 0.290. The van der Waals surface area contributed by atoms with Crippen molar-refractivity contribution in [3.8, 4) is 11.4 Å². The lowest BCUT2D eigenvalue weighted by Crippen LogP contribution is -2.37. The van der Waals surface area contributed by atoms with Gasteiger partial charge in [0.05, 0.1) is 23.6 Å². The van der Waals surface area contributed by atoms with Crippen LogP contribution in [0.4, 0.5) is 0 Å². The van der Waals surface area contributed by atoms with E-state index >= 15 is 0 Å². The van der Waals surface area contributed by atoms with Crippen LogP contribution in [0.5, 0.6) is 5.75 Å². The quantitative estimate of drug-likeness (QED) is 0.493. The molecule has 0 aliphatic heterocycles. The van der Waals surface area contributed by atoms with Crippen LogP contribution in [0.25, 0.3) is 16.5 Å². The van der Waals surface area contributed by atoms with Crippen molar-refractivity contribution in [3.05, 3.63) is 78.9 Å². The zero-order valence-electron chi connectivity index (χ0n) is 16.7. The van der Waals surface area contributed by atoms with Crippen LogP contribution in [0.1, 0.15) is 12.6 Å². The molecule has 2 heterocycles. The molecule has 4 rings (SSSR count). The molecule has 154 valence electrons. The third kappa shape index (κ3) is 4.05. The van der Waals surface area contributed by atoms with E-state index in [0.29, 0.717) is 11.4 Å². The van der Waals surface area contributed by atoms with Gasteiger partial charge < -0.3 is 4.74 Å². The van der Waals surface area contributed by atoms with E-state index in [1.807, 2.05) is 54.6 Å². The Morgan fingerprint density at radius 2 is 1.87 bits per heavy atom. The summed E-state index contributed by atoms with van der Waals surface area (Å²) in [5.41, 5.74) is 1.35. The topological polar surface area (TPSA) is 86.1 Å². The molecule has 0 bridgehead atoms. The molecule has 4 aromatic rings. The van der Waals surface area contributed by atoms with E-state index in [4.69, 9.17) is 4.74 Å². The van der Waals surface area contributed by atoms with Gasteiger partial charge in [0, 0.05) is 23.2 Å². The molecule has 2 aromatic heterocycles. The lowest BCUT2D eigenvalue weighted by Gasteiger charge is -2.16. The second-order valence-electron chi connectivity index (χ2n) is 7.03. The van der Waals surface area contributed by atoms with Gasteiger partial charge in [-0.2, -0.15) is 5.10 Å². The van der Waals surface area contributed by atoms with E-state index in [-0.39, 0.29) is 11.5 Å². The average molecular weight is 423 g/mol. The maximum absolute atomic E-state index is 12.9. The molecule has 0 amide bonds. The first-order valence-corrected chi connectivity index (χ1v) is 11.0. The van der Waals surface area contributed by atoms with Crippen LogP contribution in [-0.2, 0) is 10.0 Å². The van der Waals surface area contributed by atoms with Gasteiger partial charge in [-0.3, -0.25) is 4.98 Å². The summed E-state index contributed by atoms with van der Waals surface area (Å²) in [6.45, 7) is 3.69. The molecule has 0 radical (unpaired) electrons. The van der Waals surface area contributed by atoms with Gasteiger partial charge in [-0.25, -0.2) is 17.8 Å². The first kappa shape index (κ1) is 20.1. The Hall–Kier alpha value is -3.23. The smallest absolute Gasteiger partial charge is 0.244 e. The SMILES string of the molecule is Cc1c(S(=O)(=O)N[C@@H](C)COc2cccc3cnccc23)cnn1-c1ccccc1. The Bertz CT molecular complexity index is 1260. The summed E-state index contributed by atoms with van der Waals surface area (Å²) < 4.78 is 36.0. The highest BCUT2D eigenvalue weighted by Gasteiger charge is 2.23. The molecule has 0 spiro atoms. The third-order valence-corrected chi connectivity index (χ3v) is 6.43. The van der Waals surface area contributed by atoms with Crippen molar-refractivity contribution in [1.82, 2.24) is 19.5 Å². The standard InChI is InChI=1S/C22H22N4O3S/c1-16(15-29-21-10-6-7-18-13-23-12-11-20(18)21)25-30(27,28)22-14-24-26(17(22)2)19-8-4-3-5-9-19/h3-14,16,25H,15H2,1-2H3/t16-/m0/s1. The van der Waals surface area contributed by atoms with Gasteiger partial charge in [0.15, 0.2) is 0 Å². The van der Waals surface area contributed by atoms with Crippen molar-refractivity contribution in [3.63, 3.8) is 0 Å². The molecule has 0 aliphatic rings. The average Bonchev–Trinajstić information content (AvgIpc) is 3.15. The van der Waals surface area contributed by atoms with Crippen LogP contribution in [0, 0.1) is 6.92 Å². The van der Waals surface area contributed by atoms with E-state index in [0.717, 1.165) is 16.5 Å². The van der Waals surface area contributed by atoms with Crippen LogP contribution in [0.3, 0.4) is 0 Å². The minimum Gasteiger partial charge on any atom is -0.491 e. The Labute approximate surface area is 175 Å². The Morgan fingerprint density at radius 3 is 2.67 bits per heavy atom.